The Bertz CT molecular complexity index is 552. The number of carbonyl (C=O) groups is 1. The maximum absolute atomic E-state index is 14.4. The quantitative estimate of drug-likeness (QED) is 0.912. The molecule has 2 atom stereocenters. The van der Waals surface area contributed by atoms with Crippen molar-refractivity contribution in [3.8, 4) is 0 Å². The summed E-state index contributed by atoms with van der Waals surface area (Å²) in [6.07, 6.45) is -1.68. The normalized spacial score (nSPS) is 13.8. The van der Waals surface area contributed by atoms with Crippen LogP contribution in [0.1, 0.15) is 23.2 Å². The van der Waals surface area contributed by atoms with Gasteiger partial charge in [0.05, 0.1) is 0 Å². The molecule has 0 aromatic heterocycles. The molecule has 0 aliphatic heterocycles. The third-order valence-corrected chi connectivity index (χ3v) is 2.91. The average molecular weight is 262 g/mol. The van der Waals surface area contributed by atoms with Gasteiger partial charge in [-0.3, -0.25) is 4.79 Å². The van der Waals surface area contributed by atoms with Crippen molar-refractivity contribution < 1.29 is 18.7 Å². The molecule has 2 nitrogen and oxygen atoms in total. The smallest absolute Gasteiger partial charge is 0.314 e. The van der Waals surface area contributed by atoms with E-state index in [0.717, 1.165) is 12.1 Å². The summed E-state index contributed by atoms with van der Waals surface area (Å²) in [7, 11) is 0. The fraction of sp³-hybridized carbons (Fsp3) is 0.133. The summed E-state index contributed by atoms with van der Waals surface area (Å²) in [5.74, 6) is -3.10. The second-order valence-electron chi connectivity index (χ2n) is 4.18. The average Bonchev–Trinajstić information content (AvgIpc) is 2.42. The molecular weight excluding hydrogens is 250 g/mol. The van der Waals surface area contributed by atoms with Crippen molar-refractivity contribution in [2.24, 2.45) is 0 Å². The van der Waals surface area contributed by atoms with E-state index >= 15 is 0 Å². The number of benzene rings is 2. The first kappa shape index (κ1) is 13.2. The van der Waals surface area contributed by atoms with Crippen molar-refractivity contribution in [3.05, 3.63) is 71.5 Å². The van der Waals surface area contributed by atoms with Crippen LogP contribution in [0.4, 0.5) is 8.78 Å². The number of alkyl halides is 1. The van der Waals surface area contributed by atoms with Crippen LogP contribution < -0.4 is 0 Å². The molecule has 4 heteroatoms. The van der Waals surface area contributed by atoms with Crippen molar-refractivity contribution in [2.45, 2.75) is 12.1 Å². The van der Waals surface area contributed by atoms with Crippen LogP contribution in [0.2, 0.25) is 0 Å². The Morgan fingerprint density at radius 3 is 2.05 bits per heavy atom. The molecule has 0 saturated carbocycles. The summed E-state index contributed by atoms with van der Waals surface area (Å²) in [6, 6.07) is 12.9. The van der Waals surface area contributed by atoms with Gasteiger partial charge >= 0.3 is 5.97 Å². The molecule has 2 unspecified atom stereocenters. The largest absolute Gasteiger partial charge is 0.481 e. The lowest BCUT2D eigenvalue weighted by Gasteiger charge is -2.17. The van der Waals surface area contributed by atoms with Crippen LogP contribution in [0, 0.1) is 5.82 Å². The summed E-state index contributed by atoms with van der Waals surface area (Å²) >= 11 is 0. The van der Waals surface area contributed by atoms with Gasteiger partial charge in [-0.2, -0.15) is 0 Å². The lowest BCUT2D eigenvalue weighted by molar-refractivity contribution is -0.140. The zero-order valence-corrected chi connectivity index (χ0v) is 9.96. The van der Waals surface area contributed by atoms with Crippen molar-refractivity contribution >= 4 is 5.97 Å². The van der Waals surface area contributed by atoms with E-state index in [4.69, 9.17) is 0 Å². The minimum absolute atomic E-state index is 0.241. The Balaban J connectivity index is 2.36. The summed E-state index contributed by atoms with van der Waals surface area (Å²) in [5, 5.41) is 9.19. The van der Waals surface area contributed by atoms with Gasteiger partial charge in [0.15, 0.2) is 0 Å². The molecule has 0 heterocycles. The van der Waals surface area contributed by atoms with Crippen LogP contribution in [0.15, 0.2) is 54.6 Å². The second kappa shape index (κ2) is 5.61. The zero-order chi connectivity index (χ0) is 13.8. The van der Waals surface area contributed by atoms with Gasteiger partial charge in [-0.05, 0) is 23.3 Å². The highest BCUT2D eigenvalue weighted by atomic mass is 19.1. The van der Waals surface area contributed by atoms with Gasteiger partial charge in [0, 0.05) is 0 Å². The predicted molar refractivity (Wildman–Crippen MR) is 67.1 cm³/mol. The van der Waals surface area contributed by atoms with Crippen molar-refractivity contribution in [3.63, 3.8) is 0 Å². The first-order valence-corrected chi connectivity index (χ1v) is 5.77. The highest BCUT2D eigenvalue weighted by molar-refractivity contribution is 5.77. The van der Waals surface area contributed by atoms with E-state index in [1.165, 1.54) is 24.3 Å². The zero-order valence-electron chi connectivity index (χ0n) is 9.96. The molecule has 0 saturated heterocycles. The molecule has 0 aliphatic carbocycles. The monoisotopic (exact) mass is 262 g/mol. The van der Waals surface area contributed by atoms with E-state index in [1.807, 2.05) is 0 Å². The molecular formula is C15H12F2O2. The second-order valence-corrected chi connectivity index (χ2v) is 4.18. The van der Waals surface area contributed by atoms with Crippen LogP contribution in [0.5, 0.6) is 0 Å². The van der Waals surface area contributed by atoms with Gasteiger partial charge in [0.1, 0.15) is 17.9 Å². The van der Waals surface area contributed by atoms with Gasteiger partial charge in [0.25, 0.3) is 0 Å². The molecule has 98 valence electrons. The van der Waals surface area contributed by atoms with Crippen molar-refractivity contribution in [1.82, 2.24) is 0 Å². The van der Waals surface area contributed by atoms with Gasteiger partial charge in [-0.1, -0.05) is 42.5 Å². The topological polar surface area (TPSA) is 37.3 Å². The van der Waals surface area contributed by atoms with Crippen molar-refractivity contribution in [1.29, 1.82) is 0 Å². The molecule has 0 radical (unpaired) electrons. The number of carboxylic acids is 1. The van der Waals surface area contributed by atoms with Crippen molar-refractivity contribution in [2.75, 3.05) is 0 Å². The first-order valence-electron chi connectivity index (χ1n) is 5.77. The molecule has 0 spiro atoms. The minimum atomic E-state index is -1.68. The number of aliphatic carboxylic acids is 1. The summed E-state index contributed by atoms with van der Waals surface area (Å²) in [5.41, 5.74) is 0.532. The van der Waals surface area contributed by atoms with E-state index in [0.29, 0.717) is 5.56 Å². The van der Waals surface area contributed by atoms with E-state index in [-0.39, 0.29) is 5.56 Å². The SMILES string of the molecule is O=C(O)C(c1ccc(F)cc1)C(F)c1ccccc1. The third kappa shape index (κ3) is 2.96. The molecule has 2 aromatic carbocycles. The van der Waals surface area contributed by atoms with E-state index < -0.39 is 23.9 Å². The molecule has 0 fully saturated rings. The molecule has 0 bridgehead atoms. The number of carboxylic acid groups (broad SMARTS) is 1. The number of rotatable bonds is 4. The highest BCUT2D eigenvalue weighted by Crippen LogP contribution is 2.34. The third-order valence-electron chi connectivity index (χ3n) is 2.91. The Morgan fingerprint density at radius 1 is 0.947 bits per heavy atom. The van der Waals surface area contributed by atoms with Crippen LogP contribution >= 0.6 is 0 Å². The fourth-order valence-corrected chi connectivity index (χ4v) is 1.94. The van der Waals surface area contributed by atoms with Crippen LogP contribution in [0.3, 0.4) is 0 Å². The number of halogens is 2. The Morgan fingerprint density at radius 2 is 1.53 bits per heavy atom. The minimum Gasteiger partial charge on any atom is -0.481 e. The Labute approximate surface area is 109 Å². The molecule has 19 heavy (non-hydrogen) atoms. The van der Waals surface area contributed by atoms with Gasteiger partial charge < -0.3 is 5.11 Å². The van der Waals surface area contributed by atoms with E-state index in [1.54, 1.807) is 18.2 Å². The van der Waals surface area contributed by atoms with E-state index in [2.05, 4.69) is 0 Å². The lowest BCUT2D eigenvalue weighted by atomic mass is 9.90. The van der Waals surface area contributed by atoms with Crippen LogP contribution in [-0.2, 0) is 4.79 Å². The predicted octanol–water partition coefficient (Wildman–Crippen LogP) is 3.70. The van der Waals surface area contributed by atoms with Gasteiger partial charge in [-0.15, -0.1) is 0 Å². The van der Waals surface area contributed by atoms with Crippen LogP contribution in [0.25, 0.3) is 0 Å². The fourth-order valence-electron chi connectivity index (χ4n) is 1.94. The molecule has 1 N–H and O–H groups in total. The van der Waals surface area contributed by atoms with Crippen LogP contribution in [-0.4, -0.2) is 11.1 Å². The molecule has 2 rings (SSSR count). The molecule has 0 amide bonds. The maximum atomic E-state index is 14.4. The first-order chi connectivity index (χ1) is 9.09. The number of hydrogen-bond acceptors (Lipinski definition) is 1. The highest BCUT2D eigenvalue weighted by Gasteiger charge is 2.31. The standard InChI is InChI=1S/C15H12F2O2/c16-12-8-6-10(7-9-12)13(15(18)19)14(17)11-4-2-1-3-5-11/h1-9,13-14H,(H,18,19). The van der Waals surface area contributed by atoms with Gasteiger partial charge in [0.2, 0.25) is 0 Å². The van der Waals surface area contributed by atoms with Gasteiger partial charge in [-0.25, -0.2) is 8.78 Å². The summed E-state index contributed by atoms with van der Waals surface area (Å²) in [6.45, 7) is 0. The maximum Gasteiger partial charge on any atom is 0.314 e. The Kier molecular flexibility index (Phi) is 3.90. The van der Waals surface area contributed by atoms with E-state index in [9.17, 15) is 18.7 Å². The summed E-state index contributed by atoms with van der Waals surface area (Å²) < 4.78 is 27.2. The molecule has 2 aromatic rings. The summed E-state index contributed by atoms with van der Waals surface area (Å²) in [4.78, 5) is 11.3. The Hall–Kier alpha value is -2.23. The molecule has 0 aliphatic rings. The lowest BCUT2D eigenvalue weighted by Crippen LogP contribution is -2.17. The number of hydrogen-bond donors (Lipinski definition) is 1.